The normalized spacial score (nSPS) is 29.4. The minimum absolute atomic E-state index is 0.0298. The molecule has 0 saturated carbocycles. The number of carbonyl (C=O) groups is 4. The van der Waals surface area contributed by atoms with Crippen LogP contribution in [0, 0.1) is 30.6 Å². The number of hydrogen-bond donors (Lipinski definition) is 6. The Labute approximate surface area is 337 Å². The van der Waals surface area contributed by atoms with E-state index in [-0.39, 0.29) is 33.9 Å². The number of phenols is 1. The Kier molecular flexibility index (Phi) is 12.9. The Hall–Kier alpha value is -5.48. The Balaban J connectivity index is 1.69. The molecule has 1 amide bonds. The number of Topliss-reactive ketones (excluding diaryl/α,β-unsaturated/α-hetero) is 3. The van der Waals surface area contributed by atoms with Gasteiger partial charge in [0, 0.05) is 60.6 Å². The molecule has 2 aromatic carbocycles. The number of nitrogens with one attached hydrogen (secondary N) is 2. The molecule has 2 aromatic rings. The van der Waals surface area contributed by atoms with E-state index in [1.54, 1.807) is 52.0 Å². The summed E-state index contributed by atoms with van der Waals surface area (Å²) in [6, 6.07) is 4.60. The quantitative estimate of drug-likeness (QED) is 0.245. The van der Waals surface area contributed by atoms with Crippen LogP contribution in [0.15, 0.2) is 65.7 Å². The Bertz CT molecular complexity index is 2120. The van der Waals surface area contributed by atoms with Crippen molar-refractivity contribution in [3.63, 3.8) is 0 Å². The van der Waals surface area contributed by atoms with Crippen LogP contribution in [0.3, 0.4) is 0 Å². The number of amides is 1. The third kappa shape index (κ3) is 7.86. The first kappa shape index (κ1) is 43.6. The van der Waals surface area contributed by atoms with E-state index in [0.717, 1.165) is 6.26 Å². The maximum absolute atomic E-state index is 14.7. The van der Waals surface area contributed by atoms with Crippen molar-refractivity contribution in [1.29, 1.82) is 0 Å². The van der Waals surface area contributed by atoms with E-state index in [4.69, 9.17) is 23.7 Å². The molecule has 15 nitrogen and oxygen atoms in total. The minimum Gasteiger partial charge on any atom is -0.507 e. The fraction of sp³-hybridized carbons (Fsp3) is 0.442. The maximum Gasteiger partial charge on any atom is 0.312 e. The van der Waals surface area contributed by atoms with Crippen molar-refractivity contribution in [3.05, 3.63) is 88.0 Å². The second-order valence-corrected chi connectivity index (χ2v) is 15.2. The highest BCUT2D eigenvalue weighted by Gasteiger charge is 2.52. The number of carbonyl (C=O) groups excluding carboxylic acids is 4. The molecule has 0 saturated heterocycles. The number of anilines is 1. The molecule has 6 rings (SSSR count). The summed E-state index contributed by atoms with van der Waals surface area (Å²) in [5.74, 6) is -8.33. The Morgan fingerprint density at radius 2 is 1.45 bits per heavy atom. The van der Waals surface area contributed by atoms with Gasteiger partial charge in [-0.25, -0.2) is 0 Å². The number of allylic oxidation sites excluding steroid dienone is 4. The lowest BCUT2D eigenvalue weighted by Crippen LogP contribution is -2.45. The molecule has 9 atom stereocenters. The number of fused-ring (bicyclic) bond motifs is 14. The molecule has 58 heavy (non-hydrogen) atoms. The van der Waals surface area contributed by atoms with Crippen LogP contribution in [0.4, 0.5) is 5.69 Å². The molecule has 3 heterocycles. The minimum atomic E-state index is -2.10. The van der Waals surface area contributed by atoms with E-state index in [2.05, 4.69) is 10.6 Å². The van der Waals surface area contributed by atoms with Crippen LogP contribution in [0.1, 0.15) is 78.2 Å². The lowest BCUT2D eigenvalue weighted by molar-refractivity contribution is -0.116. The van der Waals surface area contributed by atoms with Gasteiger partial charge in [0.25, 0.3) is 11.7 Å². The second kappa shape index (κ2) is 17.2. The van der Waals surface area contributed by atoms with Crippen molar-refractivity contribution in [3.8, 4) is 23.0 Å². The summed E-state index contributed by atoms with van der Waals surface area (Å²) < 4.78 is 28.3. The van der Waals surface area contributed by atoms with Crippen LogP contribution in [0.5, 0.6) is 23.0 Å². The highest BCUT2D eigenvalue weighted by molar-refractivity contribution is 6.33. The summed E-state index contributed by atoms with van der Waals surface area (Å²) in [6.45, 7) is 11.0. The Morgan fingerprint density at radius 3 is 2.09 bits per heavy atom. The van der Waals surface area contributed by atoms with Crippen molar-refractivity contribution in [2.45, 2.75) is 78.7 Å². The first-order chi connectivity index (χ1) is 27.3. The molecule has 4 aliphatic rings. The van der Waals surface area contributed by atoms with Gasteiger partial charge in [-0.05, 0) is 32.1 Å². The van der Waals surface area contributed by atoms with Crippen LogP contribution < -0.4 is 24.8 Å². The molecule has 5 bridgehead atoms. The lowest BCUT2D eigenvalue weighted by atomic mass is 9.78. The molecule has 312 valence electrons. The number of ether oxygens (including phenoxy) is 5. The summed E-state index contributed by atoms with van der Waals surface area (Å²) in [7, 11) is 4.27. The maximum atomic E-state index is 14.7. The topological polar surface area (TPSA) is 219 Å². The number of aliphatic hydroxyl groups excluding tert-OH is 3. The number of phenolic OH excluding ortho intramolecular Hbond substituents is 1. The molecule has 15 heteroatoms. The van der Waals surface area contributed by atoms with Gasteiger partial charge in [0.2, 0.25) is 11.6 Å². The molecule has 0 aromatic heterocycles. The number of aromatic hydroxyl groups is 1. The van der Waals surface area contributed by atoms with E-state index >= 15 is 0 Å². The number of methoxy groups -OCH3 is 3. The first-order valence-corrected chi connectivity index (χ1v) is 18.9. The number of aliphatic hydroxyl groups is 3. The summed E-state index contributed by atoms with van der Waals surface area (Å²) in [5, 5.41) is 50.8. The van der Waals surface area contributed by atoms with Gasteiger partial charge in [0.05, 0.1) is 61.6 Å². The van der Waals surface area contributed by atoms with Crippen molar-refractivity contribution >= 4 is 28.9 Å². The summed E-state index contributed by atoms with van der Waals surface area (Å²) in [6.07, 6.45) is 3.14. The van der Waals surface area contributed by atoms with Crippen molar-refractivity contribution < 1.29 is 63.3 Å². The molecule has 0 fully saturated rings. The van der Waals surface area contributed by atoms with Crippen LogP contribution in [0.25, 0.3) is 0 Å². The van der Waals surface area contributed by atoms with Gasteiger partial charge in [-0.15, -0.1) is 0 Å². The molecule has 6 N–H and O–H groups in total. The molecular weight excluding hydrogens is 752 g/mol. The monoisotopic (exact) mass is 804 g/mol. The molecule has 0 unspecified atom stereocenters. The predicted octanol–water partition coefficient (Wildman–Crippen LogP) is 4.52. The van der Waals surface area contributed by atoms with Crippen LogP contribution in [-0.2, 0) is 14.3 Å². The van der Waals surface area contributed by atoms with Gasteiger partial charge in [0.1, 0.15) is 22.9 Å². The predicted molar refractivity (Wildman–Crippen MR) is 212 cm³/mol. The fourth-order valence-electron chi connectivity index (χ4n) is 7.48. The molecule has 0 radical (unpaired) electrons. The summed E-state index contributed by atoms with van der Waals surface area (Å²) in [5.41, 5.74) is -1.90. The largest absolute Gasteiger partial charge is 0.507 e. The Morgan fingerprint density at radius 1 is 0.810 bits per heavy atom. The van der Waals surface area contributed by atoms with Gasteiger partial charge in [-0.1, -0.05) is 45.9 Å². The molecular formula is C43H52N2O13. The first-order valence-electron chi connectivity index (χ1n) is 18.9. The van der Waals surface area contributed by atoms with E-state index in [0.29, 0.717) is 5.75 Å². The van der Waals surface area contributed by atoms with Gasteiger partial charge < -0.3 is 54.7 Å². The van der Waals surface area contributed by atoms with Crippen LogP contribution in [-0.4, -0.2) is 95.2 Å². The standard InChI is InChI=1S/C43H52N2O13/c1-19-12-11-13-20(2)42(53)45-33-32(44-25-14-15-27(55-9)28(18-25)56-10)38(50)29-30(39(33)51)37(49)24(6)40-31(29)41(52)43(7,58-40)57-17-16-26(54-8)21(3)35(47)23(5)36(48)22(4)34(19)46/h11-19,21-23,26,34-36,44,46-49H,1-10H3,(H,45,53)/t19-,21+,22+,23+,26-,34-,35+,36-,43-/m0/s1. The SMILES string of the molecule is COc1ccc(NC2=C3NC(=O)C(C)=CC=C[C@H](C)[C@H](O)[C@@H](C)[C@H](O)[C@H](C)[C@H](O)[C@H](C)[C@@H](OC)C=CO[C@@]4(C)Oc5c(C)c(O)c(c(c5C4=O)C2=O)C3=O)cc1OC. The number of ketones is 3. The van der Waals surface area contributed by atoms with E-state index in [1.807, 2.05) is 0 Å². The molecule has 3 aliphatic heterocycles. The smallest absolute Gasteiger partial charge is 0.312 e. The van der Waals surface area contributed by atoms with Crippen LogP contribution >= 0.6 is 0 Å². The van der Waals surface area contributed by atoms with Gasteiger partial charge in [-0.3, -0.25) is 19.2 Å². The van der Waals surface area contributed by atoms with Gasteiger partial charge in [0.15, 0.2) is 11.5 Å². The zero-order chi connectivity index (χ0) is 43.0. The number of rotatable bonds is 5. The average molecular weight is 805 g/mol. The highest BCUT2D eigenvalue weighted by Crippen LogP contribution is 2.49. The number of hydrogen-bond acceptors (Lipinski definition) is 14. The summed E-state index contributed by atoms with van der Waals surface area (Å²) >= 11 is 0. The zero-order valence-electron chi connectivity index (χ0n) is 34.2. The van der Waals surface area contributed by atoms with E-state index in [1.165, 1.54) is 60.3 Å². The van der Waals surface area contributed by atoms with Crippen molar-refractivity contribution in [2.75, 3.05) is 26.6 Å². The average Bonchev–Trinajstić information content (AvgIpc) is 3.47. The molecule has 1 aliphatic carbocycles. The van der Waals surface area contributed by atoms with Crippen molar-refractivity contribution in [1.82, 2.24) is 5.32 Å². The van der Waals surface area contributed by atoms with Crippen LogP contribution in [0.2, 0.25) is 0 Å². The zero-order valence-corrected chi connectivity index (χ0v) is 34.2. The van der Waals surface area contributed by atoms with Gasteiger partial charge >= 0.3 is 5.79 Å². The lowest BCUT2D eigenvalue weighted by Gasteiger charge is -2.36. The van der Waals surface area contributed by atoms with Gasteiger partial charge in [-0.2, -0.15) is 0 Å². The third-order valence-corrected chi connectivity index (χ3v) is 11.3. The molecule has 0 spiro atoms. The van der Waals surface area contributed by atoms with Crippen molar-refractivity contribution in [2.24, 2.45) is 23.7 Å². The third-order valence-electron chi connectivity index (χ3n) is 11.3. The second-order valence-electron chi connectivity index (χ2n) is 15.2. The number of benzene rings is 2. The summed E-state index contributed by atoms with van der Waals surface area (Å²) in [4.78, 5) is 57.3. The fourth-order valence-corrected chi connectivity index (χ4v) is 7.48. The highest BCUT2D eigenvalue weighted by atomic mass is 16.7. The van der Waals surface area contributed by atoms with E-state index < -0.39 is 105 Å². The van der Waals surface area contributed by atoms with E-state index in [9.17, 15) is 39.6 Å².